The lowest BCUT2D eigenvalue weighted by Gasteiger charge is -2.08. The quantitative estimate of drug-likeness (QED) is 0.686. The molecule has 0 spiro atoms. The first-order valence-corrected chi connectivity index (χ1v) is 8.41. The van der Waals surface area contributed by atoms with E-state index in [-0.39, 0.29) is 12.3 Å². The van der Waals surface area contributed by atoms with Crippen LogP contribution in [0.5, 0.6) is 0 Å². The molecule has 0 unspecified atom stereocenters. The molecule has 1 aromatic heterocycles. The summed E-state index contributed by atoms with van der Waals surface area (Å²) in [5, 5.41) is 7.93. The van der Waals surface area contributed by atoms with Gasteiger partial charge in [-0.2, -0.15) is 4.98 Å². The van der Waals surface area contributed by atoms with Crippen molar-refractivity contribution in [3.8, 4) is 11.4 Å². The molecule has 5 nitrogen and oxygen atoms in total. The second kappa shape index (κ2) is 7.68. The van der Waals surface area contributed by atoms with Gasteiger partial charge in [0.15, 0.2) is 0 Å². The Hall–Kier alpha value is -2.37. The van der Waals surface area contributed by atoms with Gasteiger partial charge < -0.3 is 9.84 Å². The van der Waals surface area contributed by atoms with Crippen molar-refractivity contribution in [3.05, 3.63) is 64.0 Å². The predicted molar refractivity (Wildman–Crippen MR) is 97.9 cm³/mol. The van der Waals surface area contributed by atoms with Crippen LogP contribution in [0.3, 0.4) is 0 Å². The zero-order chi connectivity index (χ0) is 17.8. The summed E-state index contributed by atoms with van der Waals surface area (Å²) in [6, 6.07) is 12.5. The molecule has 3 aromatic rings. The molecule has 0 bridgehead atoms. The molecule has 0 aliphatic carbocycles. The number of halogens is 2. The molecule has 2 aromatic carbocycles. The van der Waals surface area contributed by atoms with Crippen molar-refractivity contribution in [2.75, 3.05) is 5.32 Å². The largest absolute Gasteiger partial charge is 0.339 e. The van der Waals surface area contributed by atoms with Gasteiger partial charge in [0, 0.05) is 34.1 Å². The van der Waals surface area contributed by atoms with Crippen molar-refractivity contribution >= 4 is 34.8 Å². The molecule has 7 heteroatoms. The van der Waals surface area contributed by atoms with Crippen LogP contribution in [0.1, 0.15) is 17.9 Å². The number of aromatic nitrogens is 2. The van der Waals surface area contributed by atoms with Crippen molar-refractivity contribution in [3.63, 3.8) is 0 Å². The number of amides is 1. The second-order valence-corrected chi connectivity index (χ2v) is 6.40. The average molecular weight is 376 g/mol. The van der Waals surface area contributed by atoms with Crippen LogP contribution in [0, 0.1) is 6.92 Å². The Bertz CT molecular complexity index is 909. The van der Waals surface area contributed by atoms with Crippen molar-refractivity contribution in [2.45, 2.75) is 19.8 Å². The molecule has 0 aliphatic heterocycles. The van der Waals surface area contributed by atoms with Crippen molar-refractivity contribution in [1.82, 2.24) is 10.1 Å². The number of hydrogen-bond acceptors (Lipinski definition) is 4. The molecule has 1 amide bonds. The minimum atomic E-state index is -0.145. The minimum absolute atomic E-state index is 0.145. The Balaban J connectivity index is 1.60. The van der Waals surface area contributed by atoms with Crippen molar-refractivity contribution < 1.29 is 9.32 Å². The third kappa shape index (κ3) is 4.59. The van der Waals surface area contributed by atoms with E-state index < -0.39 is 0 Å². The van der Waals surface area contributed by atoms with Crippen LogP contribution >= 0.6 is 23.2 Å². The molecular weight excluding hydrogens is 361 g/mol. The molecule has 0 atom stereocenters. The van der Waals surface area contributed by atoms with Crippen LogP contribution in [0.2, 0.25) is 10.0 Å². The molecule has 128 valence electrons. The maximum atomic E-state index is 12.1. The third-order valence-electron chi connectivity index (χ3n) is 3.59. The molecule has 3 rings (SSSR count). The molecule has 0 aliphatic rings. The molecule has 1 heterocycles. The summed E-state index contributed by atoms with van der Waals surface area (Å²) in [5.74, 6) is 0.699. The number of hydrogen-bond donors (Lipinski definition) is 1. The SMILES string of the molecule is Cc1ccc(Cl)cc1NC(=O)CCc1nc(-c2cccc(Cl)c2)no1. The lowest BCUT2D eigenvalue weighted by Crippen LogP contribution is -2.13. The van der Waals surface area contributed by atoms with Crippen LogP contribution in [0.4, 0.5) is 5.69 Å². The topological polar surface area (TPSA) is 68.0 Å². The van der Waals surface area contributed by atoms with Gasteiger partial charge in [-0.25, -0.2) is 0 Å². The highest BCUT2D eigenvalue weighted by molar-refractivity contribution is 6.31. The standard InChI is InChI=1S/C18H15Cl2N3O2/c1-11-5-6-14(20)10-15(11)21-16(24)7-8-17-22-18(23-25-17)12-3-2-4-13(19)9-12/h2-6,9-10H,7-8H2,1H3,(H,21,24). The summed E-state index contributed by atoms with van der Waals surface area (Å²) in [6.07, 6.45) is 0.572. The Morgan fingerprint density at radius 3 is 2.76 bits per heavy atom. The normalized spacial score (nSPS) is 10.7. The number of nitrogens with zero attached hydrogens (tertiary/aromatic N) is 2. The lowest BCUT2D eigenvalue weighted by atomic mass is 10.2. The summed E-state index contributed by atoms with van der Waals surface area (Å²) in [7, 11) is 0. The van der Waals surface area contributed by atoms with Gasteiger partial charge in [0.1, 0.15) is 0 Å². The van der Waals surface area contributed by atoms with Gasteiger partial charge in [-0.3, -0.25) is 4.79 Å². The van der Waals surface area contributed by atoms with E-state index in [0.29, 0.717) is 33.9 Å². The minimum Gasteiger partial charge on any atom is -0.339 e. The number of carbonyl (C=O) groups is 1. The van der Waals surface area contributed by atoms with E-state index in [0.717, 1.165) is 11.1 Å². The Morgan fingerprint density at radius 1 is 1.16 bits per heavy atom. The maximum absolute atomic E-state index is 12.1. The Morgan fingerprint density at radius 2 is 1.96 bits per heavy atom. The van der Waals surface area contributed by atoms with Gasteiger partial charge in [-0.1, -0.05) is 46.6 Å². The third-order valence-corrected chi connectivity index (χ3v) is 4.06. The van der Waals surface area contributed by atoms with Gasteiger partial charge in [0.25, 0.3) is 0 Å². The fourth-order valence-electron chi connectivity index (χ4n) is 2.26. The van der Waals surface area contributed by atoms with Crippen molar-refractivity contribution in [1.29, 1.82) is 0 Å². The van der Waals surface area contributed by atoms with Gasteiger partial charge in [0.05, 0.1) is 0 Å². The van der Waals surface area contributed by atoms with Gasteiger partial charge in [-0.15, -0.1) is 0 Å². The zero-order valence-corrected chi connectivity index (χ0v) is 14.9. The molecule has 25 heavy (non-hydrogen) atoms. The van der Waals surface area contributed by atoms with Crippen LogP contribution in [0.25, 0.3) is 11.4 Å². The van der Waals surface area contributed by atoms with Crippen molar-refractivity contribution in [2.24, 2.45) is 0 Å². The summed E-state index contributed by atoms with van der Waals surface area (Å²) in [4.78, 5) is 16.4. The Labute approximate surface area is 155 Å². The first-order valence-electron chi connectivity index (χ1n) is 7.66. The smallest absolute Gasteiger partial charge is 0.227 e. The van der Waals surface area contributed by atoms with Gasteiger partial charge in [0.2, 0.25) is 17.6 Å². The van der Waals surface area contributed by atoms with Crippen LogP contribution in [-0.2, 0) is 11.2 Å². The van der Waals surface area contributed by atoms with E-state index in [4.69, 9.17) is 27.7 Å². The fourth-order valence-corrected chi connectivity index (χ4v) is 2.63. The van der Waals surface area contributed by atoms with Crippen LogP contribution in [-0.4, -0.2) is 16.0 Å². The number of aryl methyl sites for hydroxylation is 2. The number of carbonyl (C=O) groups excluding carboxylic acids is 1. The highest BCUT2D eigenvalue weighted by atomic mass is 35.5. The molecule has 0 saturated carbocycles. The van der Waals surface area contributed by atoms with E-state index in [1.807, 2.05) is 25.1 Å². The fraction of sp³-hybridized carbons (Fsp3) is 0.167. The molecular formula is C18H15Cl2N3O2. The first-order chi connectivity index (χ1) is 12.0. The predicted octanol–water partition coefficient (Wildman–Crippen LogP) is 4.92. The number of anilines is 1. The lowest BCUT2D eigenvalue weighted by molar-refractivity contribution is -0.116. The molecule has 0 fully saturated rings. The first kappa shape index (κ1) is 17.5. The summed E-state index contributed by atoms with van der Waals surface area (Å²) in [6.45, 7) is 1.90. The second-order valence-electron chi connectivity index (χ2n) is 5.53. The van der Waals surface area contributed by atoms with Gasteiger partial charge >= 0.3 is 0 Å². The highest BCUT2D eigenvalue weighted by Crippen LogP contribution is 2.22. The average Bonchev–Trinajstić information content (AvgIpc) is 3.05. The molecule has 0 saturated heterocycles. The van der Waals surface area contributed by atoms with Crippen LogP contribution in [0.15, 0.2) is 47.0 Å². The van der Waals surface area contributed by atoms with Gasteiger partial charge in [-0.05, 0) is 36.8 Å². The van der Waals surface area contributed by atoms with Crippen LogP contribution < -0.4 is 5.32 Å². The number of nitrogens with one attached hydrogen (secondary N) is 1. The highest BCUT2D eigenvalue weighted by Gasteiger charge is 2.12. The summed E-state index contributed by atoms with van der Waals surface area (Å²) in [5.41, 5.74) is 2.41. The molecule has 1 N–H and O–H groups in total. The van der Waals surface area contributed by atoms with E-state index in [1.165, 1.54) is 0 Å². The van der Waals surface area contributed by atoms with E-state index in [9.17, 15) is 4.79 Å². The Kier molecular flexibility index (Phi) is 5.36. The zero-order valence-electron chi connectivity index (χ0n) is 13.4. The maximum Gasteiger partial charge on any atom is 0.227 e. The van der Waals surface area contributed by atoms with E-state index in [2.05, 4.69) is 15.5 Å². The van der Waals surface area contributed by atoms with E-state index >= 15 is 0 Å². The molecule has 0 radical (unpaired) electrons. The number of rotatable bonds is 5. The monoisotopic (exact) mass is 375 g/mol. The summed E-state index contributed by atoms with van der Waals surface area (Å²) < 4.78 is 5.20. The number of benzene rings is 2. The van der Waals surface area contributed by atoms with E-state index in [1.54, 1.807) is 24.3 Å². The summed E-state index contributed by atoms with van der Waals surface area (Å²) >= 11 is 11.9.